The monoisotopic (exact) mass is 232 g/mol. The predicted molar refractivity (Wildman–Crippen MR) is 63.7 cm³/mol. The van der Waals surface area contributed by atoms with Gasteiger partial charge in [-0.15, -0.1) is 0 Å². The summed E-state index contributed by atoms with van der Waals surface area (Å²) in [6.45, 7) is 1.96. The number of rotatable bonds is 3. The number of piperidine rings is 1. The first-order valence-electron chi connectivity index (χ1n) is 5.78. The van der Waals surface area contributed by atoms with Crippen LogP contribution in [0.15, 0.2) is 24.3 Å². The van der Waals surface area contributed by atoms with E-state index in [4.69, 9.17) is 10.00 Å². The van der Waals surface area contributed by atoms with Crippen LogP contribution >= 0.6 is 0 Å². The summed E-state index contributed by atoms with van der Waals surface area (Å²) in [4.78, 5) is 0. The summed E-state index contributed by atoms with van der Waals surface area (Å²) in [5, 5.41) is 22.1. The maximum atomic E-state index is 10.2. The molecular weight excluding hydrogens is 216 g/mol. The first-order valence-corrected chi connectivity index (χ1v) is 5.78. The molecule has 1 aliphatic rings. The Morgan fingerprint density at radius 2 is 1.94 bits per heavy atom. The lowest BCUT2D eigenvalue weighted by Gasteiger charge is -2.32. The molecule has 0 atom stereocenters. The molecule has 0 aliphatic carbocycles. The van der Waals surface area contributed by atoms with Crippen LogP contribution in [0.5, 0.6) is 5.75 Å². The second-order valence-corrected chi connectivity index (χ2v) is 4.40. The summed E-state index contributed by atoms with van der Waals surface area (Å²) in [5.74, 6) is 0.691. The third-order valence-corrected chi connectivity index (χ3v) is 3.03. The Kier molecular flexibility index (Phi) is 3.62. The van der Waals surface area contributed by atoms with Crippen molar-refractivity contribution < 1.29 is 9.84 Å². The number of hydrogen-bond acceptors (Lipinski definition) is 4. The van der Waals surface area contributed by atoms with Gasteiger partial charge in [-0.1, -0.05) is 0 Å². The van der Waals surface area contributed by atoms with Gasteiger partial charge in [0.2, 0.25) is 0 Å². The van der Waals surface area contributed by atoms with Gasteiger partial charge in [-0.05, 0) is 50.2 Å². The predicted octanol–water partition coefficient (Wildman–Crippen LogP) is 1.05. The highest BCUT2D eigenvalue weighted by molar-refractivity contribution is 5.34. The topological polar surface area (TPSA) is 65.3 Å². The summed E-state index contributed by atoms with van der Waals surface area (Å²) in [7, 11) is 0. The molecule has 4 nitrogen and oxygen atoms in total. The number of nitriles is 1. The Morgan fingerprint density at radius 1 is 1.29 bits per heavy atom. The zero-order chi connectivity index (χ0) is 12.1. The number of nitrogens with one attached hydrogen (secondary N) is 1. The van der Waals surface area contributed by atoms with E-state index in [1.165, 1.54) is 0 Å². The van der Waals surface area contributed by atoms with Crippen molar-refractivity contribution >= 4 is 0 Å². The maximum Gasteiger partial charge on any atom is 0.119 e. The smallest absolute Gasteiger partial charge is 0.119 e. The molecule has 2 rings (SSSR count). The number of ether oxygens (including phenoxy) is 1. The van der Waals surface area contributed by atoms with E-state index in [2.05, 4.69) is 11.4 Å². The van der Waals surface area contributed by atoms with Gasteiger partial charge in [-0.3, -0.25) is 0 Å². The van der Waals surface area contributed by atoms with E-state index < -0.39 is 5.60 Å². The van der Waals surface area contributed by atoms with E-state index >= 15 is 0 Å². The molecule has 0 bridgehead atoms. The second kappa shape index (κ2) is 5.17. The van der Waals surface area contributed by atoms with Gasteiger partial charge in [0.25, 0.3) is 0 Å². The van der Waals surface area contributed by atoms with Gasteiger partial charge in [-0.25, -0.2) is 0 Å². The summed E-state index contributed by atoms with van der Waals surface area (Å²) in [6.07, 6.45) is 1.42. The molecule has 2 N–H and O–H groups in total. The average molecular weight is 232 g/mol. The van der Waals surface area contributed by atoms with Crippen LogP contribution in [0.1, 0.15) is 18.4 Å². The lowest BCUT2D eigenvalue weighted by Crippen LogP contribution is -2.45. The summed E-state index contributed by atoms with van der Waals surface area (Å²) >= 11 is 0. The molecule has 1 heterocycles. The largest absolute Gasteiger partial charge is 0.491 e. The van der Waals surface area contributed by atoms with Crippen molar-refractivity contribution in [1.29, 1.82) is 5.26 Å². The minimum Gasteiger partial charge on any atom is -0.491 e. The lowest BCUT2D eigenvalue weighted by atomic mass is 9.93. The average Bonchev–Trinajstić information content (AvgIpc) is 2.38. The van der Waals surface area contributed by atoms with Gasteiger partial charge in [0.05, 0.1) is 11.6 Å². The number of aliphatic hydroxyl groups is 1. The Bertz CT molecular complexity index is 402. The summed E-state index contributed by atoms with van der Waals surface area (Å²) in [6, 6.07) is 8.98. The molecule has 0 amide bonds. The zero-order valence-corrected chi connectivity index (χ0v) is 9.65. The normalized spacial score (nSPS) is 18.4. The number of benzene rings is 1. The SMILES string of the molecule is N#Cc1ccc(OCC2(O)CCNCC2)cc1. The van der Waals surface area contributed by atoms with E-state index in [0.29, 0.717) is 30.8 Å². The fraction of sp³-hybridized carbons (Fsp3) is 0.462. The van der Waals surface area contributed by atoms with Gasteiger partial charge in [-0.2, -0.15) is 5.26 Å². The van der Waals surface area contributed by atoms with Crippen LogP contribution in [0.25, 0.3) is 0 Å². The van der Waals surface area contributed by atoms with Crippen LogP contribution in [-0.2, 0) is 0 Å². The lowest BCUT2D eigenvalue weighted by molar-refractivity contribution is -0.0286. The standard InChI is InChI=1S/C13H16N2O2/c14-9-11-1-3-12(4-2-11)17-10-13(16)5-7-15-8-6-13/h1-4,15-16H,5-8,10H2. The van der Waals surface area contributed by atoms with Crippen molar-refractivity contribution in [1.82, 2.24) is 5.32 Å². The van der Waals surface area contributed by atoms with Crippen molar-refractivity contribution in [3.8, 4) is 11.8 Å². The van der Waals surface area contributed by atoms with E-state index in [0.717, 1.165) is 13.1 Å². The van der Waals surface area contributed by atoms with Gasteiger partial charge in [0.15, 0.2) is 0 Å². The fourth-order valence-corrected chi connectivity index (χ4v) is 1.88. The minimum absolute atomic E-state index is 0.306. The molecular formula is C13H16N2O2. The van der Waals surface area contributed by atoms with E-state index in [9.17, 15) is 5.11 Å². The van der Waals surface area contributed by atoms with Crippen LogP contribution in [0.3, 0.4) is 0 Å². The molecule has 1 aromatic rings. The molecule has 0 unspecified atom stereocenters. The van der Waals surface area contributed by atoms with Gasteiger partial charge in [0.1, 0.15) is 18.0 Å². The minimum atomic E-state index is -0.723. The first kappa shape index (κ1) is 11.9. The van der Waals surface area contributed by atoms with Crippen LogP contribution in [0.2, 0.25) is 0 Å². The molecule has 1 aromatic carbocycles. The molecule has 0 aromatic heterocycles. The number of nitrogens with zero attached hydrogens (tertiary/aromatic N) is 1. The highest BCUT2D eigenvalue weighted by Gasteiger charge is 2.29. The Hall–Kier alpha value is -1.57. The second-order valence-electron chi connectivity index (χ2n) is 4.40. The van der Waals surface area contributed by atoms with E-state index in [1.807, 2.05) is 0 Å². The van der Waals surface area contributed by atoms with Crippen molar-refractivity contribution in [3.05, 3.63) is 29.8 Å². The molecule has 17 heavy (non-hydrogen) atoms. The molecule has 1 aliphatic heterocycles. The Labute approximate surface area is 101 Å². The molecule has 1 saturated heterocycles. The van der Waals surface area contributed by atoms with Crippen molar-refractivity contribution in [2.24, 2.45) is 0 Å². The number of hydrogen-bond donors (Lipinski definition) is 2. The third-order valence-electron chi connectivity index (χ3n) is 3.03. The molecule has 0 spiro atoms. The zero-order valence-electron chi connectivity index (χ0n) is 9.65. The van der Waals surface area contributed by atoms with E-state index in [-0.39, 0.29) is 0 Å². The molecule has 0 radical (unpaired) electrons. The fourth-order valence-electron chi connectivity index (χ4n) is 1.88. The molecule has 90 valence electrons. The highest BCUT2D eigenvalue weighted by atomic mass is 16.5. The van der Waals surface area contributed by atoms with Gasteiger partial charge < -0.3 is 15.2 Å². The summed E-state index contributed by atoms with van der Waals surface area (Å²) < 4.78 is 5.56. The molecule has 0 saturated carbocycles. The Morgan fingerprint density at radius 3 is 2.53 bits per heavy atom. The third kappa shape index (κ3) is 3.19. The van der Waals surface area contributed by atoms with E-state index in [1.54, 1.807) is 24.3 Å². The van der Waals surface area contributed by atoms with Gasteiger partial charge in [0, 0.05) is 0 Å². The molecule has 4 heteroatoms. The van der Waals surface area contributed by atoms with Crippen molar-refractivity contribution in [2.75, 3.05) is 19.7 Å². The maximum absolute atomic E-state index is 10.2. The quantitative estimate of drug-likeness (QED) is 0.817. The molecule has 1 fully saturated rings. The van der Waals surface area contributed by atoms with Crippen LogP contribution in [0, 0.1) is 11.3 Å². The van der Waals surface area contributed by atoms with Crippen LogP contribution < -0.4 is 10.1 Å². The first-order chi connectivity index (χ1) is 8.22. The van der Waals surface area contributed by atoms with Gasteiger partial charge >= 0.3 is 0 Å². The van der Waals surface area contributed by atoms with Crippen LogP contribution in [0.4, 0.5) is 0 Å². The Balaban J connectivity index is 1.90. The highest BCUT2D eigenvalue weighted by Crippen LogP contribution is 2.20. The van der Waals surface area contributed by atoms with Crippen molar-refractivity contribution in [3.63, 3.8) is 0 Å². The summed E-state index contributed by atoms with van der Waals surface area (Å²) in [5.41, 5.74) is -0.114. The van der Waals surface area contributed by atoms with Crippen molar-refractivity contribution in [2.45, 2.75) is 18.4 Å². The van der Waals surface area contributed by atoms with Crippen LogP contribution in [-0.4, -0.2) is 30.4 Å².